The molecule has 3 amide bonds. The number of hydrogen-bond acceptors (Lipinski definition) is 3. The van der Waals surface area contributed by atoms with Gasteiger partial charge in [0.25, 0.3) is 0 Å². The van der Waals surface area contributed by atoms with Crippen molar-refractivity contribution < 1.29 is 9.59 Å². The molecule has 2 aromatic rings. The highest BCUT2D eigenvalue weighted by Crippen LogP contribution is 2.19. The molecule has 0 fully saturated rings. The maximum Gasteiger partial charge on any atom is 0.315 e. The van der Waals surface area contributed by atoms with E-state index < -0.39 is 0 Å². The topological polar surface area (TPSA) is 70.2 Å². The van der Waals surface area contributed by atoms with E-state index in [2.05, 4.69) is 16.0 Å². The third-order valence-corrected chi connectivity index (χ3v) is 4.43. The Labute approximate surface area is 140 Å². The number of amides is 3. The minimum atomic E-state index is -0.219. The van der Waals surface area contributed by atoms with Gasteiger partial charge in [-0.15, -0.1) is 11.3 Å². The van der Waals surface area contributed by atoms with Crippen molar-refractivity contribution in [1.29, 1.82) is 0 Å². The van der Waals surface area contributed by atoms with E-state index in [1.165, 1.54) is 6.92 Å². The molecule has 0 radical (unpaired) electrons. The monoisotopic (exact) mass is 331 g/mol. The minimum absolute atomic E-state index is 0.0343. The highest BCUT2D eigenvalue weighted by Gasteiger charge is 2.13. The zero-order valence-electron chi connectivity index (χ0n) is 13.4. The van der Waals surface area contributed by atoms with Crippen LogP contribution in [0.4, 0.5) is 10.5 Å². The van der Waals surface area contributed by atoms with Gasteiger partial charge in [-0.05, 0) is 43.0 Å². The van der Waals surface area contributed by atoms with Gasteiger partial charge in [0.1, 0.15) is 0 Å². The van der Waals surface area contributed by atoms with E-state index in [9.17, 15) is 9.59 Å². The Kier molecular flexibility index (Phi) is 5.76. The third kappa shape index (κ3) is 5.10. The van der Waals surface area contributed by atoms with Crippen LogP contribution >= 0.6 is 11.3 Å². The standard InChI is InChI=1S/C17H21N3O2S/c1-11(14-6-4-7-15(10-14)20-13(3)21)18-17(22)19-12(2)16-8-5-9-23-16/h4-12H,1-3H3,(H,20,21)(H2,18,19,22). The van der Waals surface area contributed by atoms with Gasteiger partial charge in [-0.25, -0.2) is 4.79 Å². The van der Waals surface area contributed by atoms with Crippen LogP contribution in [-0.2, 0) is 4.79 Å². The fourth-order valence-corrected chi connectivity index (χ4v) is 2.95. The largest absolute Gasteiger partial charge is 0.332 e. The van der Waals surface area contributed by atoms with Gasteiger partial charge in [0, 0.05) is 17.5 Å². The highest BCUT2D eigenvalue weighted by molar-refractivity contribution is 7.10. The molecule has 0 aliphatic rings. The Morgan fingerprint density at radius 2 is 1.78 bits per heavy atom. The number of benzene rings is 1. The fourth-order valence-electron chi connectivity index (χ4n) is 2.22. The molecule has 0 bridgehead atoms. The number of urea groups is 1. The molecule has 0 aliphatic carbocycles. The van der Waals surface area contributed by atoms with Crippen LogP contribution in [0.1, 0.15) is 43.3 Å². The summed E-state index contributed by atoms with van der Waals surface area (Å²) < 4.78 is 0. The normalized spacial score (nSPS) is 13.0. The van der Waals surface area contributed by atoms with E-state index in [1.807, 2.05) is 55.6 Å². The molecule has 1 heterocycles. The molecular formula is C17H21N3O2S. The molecule has 23 heavy (non-hydrogen) atoms. The first-order chi connectivity index (χ1) is 11.0. The van der Waals surface area contributed by atoms with Crippen molar-refractivity contribution in [3.63, 3.8) is 0 Å². The lowest BCUT2D eigenvalue weighted by atomic mass is 10.1. The van der Waals surface area contributed by atoms with Crippen LogP contribution in [0.2, 0.25) is 0 Å². The second kappa shape index (κ2) is 7.78. The molecule has 1 aromatic carbocycles. The summed E-state index contributed by atoms with van der Waals surface area (Å²) in [6.07, 6.45) is 0. The fraction of sp³-hybridized carbons (Fsp3) is 0.294. The maximum absolute atomic E-state index is 12.1. The first kappa shape index (κ1) is 17.0. The van der Waals surface area contributed by atoms with Crippen LogP contribution in [-0.4, -0.2) is 11.9 Å². The summed E-state index contributed by atoms with van der Waals surface area (Å²) in [5.41, 5.74) is 1.64. The summed E-state index contributed by atoms with van der Waals surface area (Å²) in [5, 5.41) is 10.6. The molecule has 0 saturated heterocycles. The van der Waals surface area contributed by atoms with Gasteiger partial charge in [-0.1, -0.05) is 18.2 Å². The van der Waals surface area contributed by atoms with Crippen molar-refractivity contribution in [3.05, 3.63) is 52.2 Å². The van der Waals surface area contributed by atoms with E-state index in [0.29, 0.717) is 0 Å². The molecule has 0 saturated carbocycles. The van der Waals surface area contributed by atoms with Crippen LogP contribution in [0.3, 0.4) is 0 Å². The van der Waals surface area contributed by atoms with Crippen molar-refractivity contribution in [1.82, 2.24) is 10.6 Å². The predicted octanol–water partition coefficient (Wildman–Crippen LogP) is 3.83. The second-order valence-corrected chi connectivity index (χ2v) is 6.36. The zero-order chi connectivity index (χ0) is 16.8. The zero-order valence-corrected chi connectivity index (χ0v) is 14.2. The predicted molar refractivity (Wildman–Crippen MR) is 93.6 cm³/mol. The lowest BCUT2D eigenvalue weighted by Crippen LogP contribution is -2.38. The van der Waals surface area contributed by atoms with Crippen molar-refractivity contribution >= 4 is 29.0 Å². The number of rotatable bonds is 5. The van der Waals surface area contributed by atoms with Gasteiger partial charge in [0.15, 0.2) is 0 Å². The van der Waals surface area contributed by atoms with Crippen LogP contribution < -0.4 is 16.0 Å². The molecule has 122 valence electrons. The maximum atomic E-state index is 12.1. The Morgan fingerprint density at radius 3 is 2.43 bits per heavy atom. The van der Waals surface area contributed by atoms with Gasteiger partial charge in [-0.2, -0.15) is 0 Å². The van der Waals surface area contributed by atoms with E-state index >= 15 is 0 Å². The Morgan fingerprint density at radius 1 is 1.04 bits per heavy atom. The average Bonchev–Trinajstić information content (AvgIpc) is 3.00. The first-order valence-electron chi connectivity index (χ1n) is 7.43. The Bertz CT molecular complexity index is 670. The number of nitrogens with one attached hydrogen (secondary N) is 3. The summed E-state index contributed by atoms with van der Waals surface area (Å²) in [7, 11) is 0. The summed E-state index contributed by atoms with van der Waals surface area (Å²) >= 11 is 1.61. The van der Waals surface area contributed by atoms with E-state index in [1.54, 1.807) is 11.3 Å². The van der Waals surface area contributed by atoms with Gasteiger partial charge in [-0.3, -0.25) is 4.79 Å². The summed E-state index contributed by atoms with van der Waals surface area (Å²) in [4.78, 5) is 24.3. The lowest BCUT2D eigenvalue weighted by molar-refractivity contribution is -0.114. The van der Waals surface area contributed by atoms with Gasteiger partial charge < -0.3 is 16.0 Å². The third-order valence-electron chi connectivity index (χ3n) is 3.37. The summed E-state index contributed by atoms with van der Waals surface area (Å²) in [6.45, 7) is 5.32. The van der Waals surface area contributed by atoms with Gasteiger partial charge in [0.05, 0.1) is 12.1 Å². The number of thiophene rings is 1. The quantitative estimate of drug-likeness (QED) is 0.779. The van der Waals surface area contributed by atoms with Crippen molar-refractivity contribution in [2.75, 3.05) is 5.32 Å². The molecule has 6 heteroatoms. The molecule has 2 rings (SSSR count). The molecule has 2 unspecified atom stereocenters. The molecule has 1 aromatic heterocycles. The molecular weight excluding hydrogens is 310 g/mol. The SMILES string of the molecule is CC(=O)Nc1cccc(C(C)NC(=O)NC(C)c2cccs2)c1. The lowest BCUT2D eigenvalue weighted by Gasteiger charge is -2.18. The Hall–Kier alpha value is -2.34. The molecule has 3 N–H and O–H groups in total. The van der Waals surface area contributed by atoms with Gasteiger partial charge in [0.2, 0.25) is 5.91 Å². The number of anilines is 1. The highest BCUT2D eigenvalue weighted by atomic mass is 32.1. The van der Waals surface area contributed by atoms with Crippen LogP contribution in [0.15, 0.2) is 41.8 Å². The van der Waals surface area contributed by atoms with Crippen molar-refractivity contribution in [2.24, 2.45) is 0 Å². The molecule has 5 nitrogen and oxygen atoms in total. The van der Waals surface area contributed by atoms with Crippen molar-refractivity contribution in [2.45, 2.75) is 32.9 Å². The van der Waals surface area contributed by atoms with Gasteiger partial charge >= 0.3 is 6.03 Å². The molecule has 0 spiro atoms. The summed E-state index contributed by atoms with van der Waals surface area (Å²) in [6, 6.07) is 11.0. The van der Waals surface area contributed by atoms with Crippen LogP contribution in [0.5, 0.6) is 0 Å². The molecule has 2 atom stereocenters. The molecule has 0 aliphatic heterocycles. The second-order valence-electron chi connectivity index (χ2n) is 5.38. The van der Waals surface area contributed by atoms with Crippen LogP contribution in [0.25, 0.3) is 0 Å². The average molecular weight is 331 g/mol. The minimum Gasteiger partial charge on any atom is -0.332 e. The van der Waals surface area contributed by atoms with Crippen molar-refractivity contribution in [3.8, 4) is 0 Å². The van der Waals surface area contributed by atoms with Crippen LogP contribution in [0, 0.1) is 0 Å². The Balaban J connectivity index is 1.94. The number of hydrogen-bond donors (Lipinski definition) is 3. The van der Waals surface area contributed by atoms with E-state index in [-0.39, 0.29) is 24.0 Å². The van der Waals surface area contributed by atoms with E-state index in [4.69, 9.17) is 0 Å². The first-order valence-corrected chi connectivity index (χ1v) is 8.31. The summed E-state index contributed by atoms with van der Waals surface area (Å²) in [5.74, 6) is -0.120. The van der Waals surface area contributed by atoms with E-state index in [0.717, 1.165) is 16.1 Å². The number of carbonyl (C=O) groups excluding carboxylic acids is 2. The number of carbonyl (C=O) groups is 2. The smallest absolute Gasteiger partial charge is 0.315 e.